The quantitative estimate of drug-likeness (QED) is 0.921. The molecule has 0 spiro atoms. The van der Waals surface area contributed by atoms with Crippen LogP contribution in [-0.4, -0.2) is 31.9 Å². The Balaban J connectivity index is 1.61. The van der Waals surface area contributed by atoms with Crippen LogP contribution in [0.15, 0.2) is 48.5 Å². The summed E-state index contributed by atoms with van der Waals surface area (Å²) in [5.74, 6) is 1.47. The SMILES string of the molecule is CN(CCC(O)c1ccc2c(c1)OCCO2)c1ccccc1. The van der Waals surface area contributed by atoms with Crippen LogP contribution in [-0.2, 0) is 0 Å². The minimum atomic E-state index is -0.512. The van der Waals surface area contributed by atoms with Crippen LogP contribution < -0.4 is 14.4 Å². The molecule has 0 aliphatic carbocycles. The van der Waals surface area contributed by atoms with E-state index >= 15 is 0 Å². The molecule has 1 aliphatic heterocycles. The molecule has 0 radical (unpaired) electrons. The summed E-state index contributed by atoms with van der Waals surface area (Å²) in [6.07, 6.45) is 0.146. The molecule has 0 fully saturated rings. The number of para-hydroxylation sites is 1. The van der Waals surface area contributed by atoms with Gasteiger partial charge in [-0.05, 0) is 36.2 Å². The Morgan fingerprint density at radius 3 is 2.55 bits per heavy atom. The molecule has 0 bridgehead atoms. The second kappa shape index (κ2) is 6.71. The Morgan fingerprint density at radius 2 is 1.77 bits per heavy atom. The number of aliphatic hydroxyl groups excluding tert-OH is 1. The first-order valence-corrected chi connectivity index (χ1v) is 7.58. The van der Waals surface area contributed by atoms with Gasteiger partial charge in [0.1, 0.15) is 13.2 Å². The van der Waals surface area contributed by atoms with Crippen molar-refractivity contribution in [1.29, 1.82) is 0 Å². The summed E-state index contributed by atoms with van der Waals surface area (Å²) >= 11 is 0. The maximum atomic E-state index is 10.4. The predicted molar refractivity (Wildman–Crippen MR) is 86.7 cm³/mol. The molecule has 0 amide bonds. The molecule has 2 aromatic rings. The van der Waals surface area contributed by atoms with E-state index in [1.54, 1.807) is 0 Å². The van der Waals surface area contributed by atoms with Gasteiger partial charge in [0, 0.05) is 19.3 Å². The van der Waals surface area contributed by atoms with Gasteiger partial charge in [0.05, 0.1) is 6.10 Å². The van der Waals surface area contributed by atoms with Crippen LogP contribution in [0.25, 0.3) is 0 Å². The number of ether oxygens (including phenoxy) is 2. The van der Waals surface area contributed by atoms with Crippen molar-refractivity contribution in [3.8, 4) is 11.5 Å². The highest BCUT2D eigenvalue weighted by Crippen LogP contribution is 2.33. The fraction of sp³-hybridized carbons (Fsp3) is 0.333. The minimum absolute atomic E-state index is 0.512. The van der Waals surface area contributed by atoms with Crippen molar-refractivity contribution < 1.29 is 14.6 Å². The van der Waals surface area contributed by atoms with Gasteiger partial charge < -0.3 is 19.5 Å². The van der Waals surface area contributed by atoms with Crippen LogP contribution in [0.5, 0.6) is 11.5 Å². The highest BCUT2D eigenvalue weighted by atomic mass is 16.6. The number of nitrogens with zero attached hydrogens (tertiary/aromatic N) is 1. The second-order valence-electron chi connectivity index (χ2n) is 5.46. The lowest BCUT2D eigenvalue weighted by Crippen LogP contribution is -2.20. The van der Waals surface area contributed by atoms with E-state index < -0.39 is 6.10 Å². The third-order valence-corrected chi connectivity index (χ3v) is 3.89. The molecule has 1 heterocycles. The van der Waals surface area contributed by atoms with Gasteiger partial charge in [-0.1, -0.05) is 24.3 Å². The van der Waals surface area contributed by atoms with Gasteiger partial charge in [0.15, 0.2) is 11.5 Å². The van der Waals surface area contributed by atoms with Crippen molar-refractivity contribution >= 4 is 5.69 Å². The number of rotatable bonds is 5. The maximum absolute atomic E-state index is 10.4. The molecule has 0 saturated carbocycles. The molecule has 0 saturated heterocycles. The molecule has 1 unspecified atom stereocenters. The molecule has 116 valence electrons. The van der Waals surface area contributed by atoms with E-state index in [9.17, 15) is 5.11 Å². The molecular weight excluding hydrogens is 278 g/mol. The molecule has 4 nitrogen and oxygen atoms in total. The maximum Gasteiger partial charge on any atom is 0.161 e. The number of benzene rings is 2. The third-order valence-electron chi connectivity index (χ3n) is 3.89. The third kappa shape index (κ3) is 3.34. The van der Waals surface area contributed by atoms with Gasteiger partial charge in [-0.2, -0.15) is 0 Å². The first-order chi connectivity index (χ1) is 10.7. The lowest BCUT2D eigenvalue weighted by molar-refractivity contribution is 0.161. The van der Waals surface area contributed by atoms with E-state index in [-0.39, 0.29) is 0 Å². The summed E-state index contributed by atoms with van der Waals surface area (Å²) in [5.41, 5.74) is 2.02. The second-order valence-corrected chi connectivity index (χ2v) is 5.46. The average molecular weight is 299 g/mol. The summed E-state index contributed by atoms with van der Waals surface area (Å²) in [6, 6.07) is 15.8. The molecular formula is C18H21NO3. The lowest BCUT2D eigenvalue weighted by Gasteiger charge is -2.23. The van der Waals surface area contributed by atoms with Crippen molar-refractivity contribution in [3.05, 3.63) is 54.1 Å². The Bertz CT molecular complexity index is 615. The Hall–Kier alpha value is -2.20. The van der Waals surface area contributed by atoms with Crippen LogP contribution in [0.1, 0.15) is 18.1 Å². The van der Waals surface area contributed by atoms with Crippen molar-refractivity contribution in [1.82, 2.24) is 0 Å². The molecule has 4 heteroatoms. The Labute approximate surface area is 130 Å². The summed E-state index contributed by atoms with van der Waals surface area (Å²) in [7, 11) is 2.03. The zero-order valence-corrected chi connectivity index (χ0v) is 12.7. The van der Waals surface area contributed by atoms with Crippen LogP contribution >= 0.6 is 0 Å². The summed E-state index contributed by atoms with van der Waals surface area (Å²) in [5, 5.41) is 10.4. The number of fused-ring (bicyclic) bond motifs is 1. The Morgan fingerprint density at radius 1 is 1.05 bits per heavy atom. The average Bonchev–Trinajstić information content (AvgIpc) is 2.59. The van der Waals surface area contributed by atoms with Gasteiger partial charge in [0.2, 0.25) is 0 Å². The molecule has 1 aliphatic rings. The van der Waals surface area contributed by atoms with Gasteiger partial charge >= 0.3 is 0 Å². The summed E-state index contributed by atoms with van der Waals surface area (Å²) < 4.78 is 11.1. The molecule has 1 N–H and O–H groups in total. The van der Waals surface area contributed by atoms with Crippen molar-refractivity contribution in [2.75, 3.05) is 31.7 Å². The van der Waals surface area contributed by atoms with Gasteiger partial charge in [0.25, 0.3) is 0 Å². The van der Waals surface area contributed by atoms with Crippen LogP contribution in [0.4, 0.5) is 5.69 Å². The zero-order valence-electron chi connectivity index (χ0n) is 12.7. The Kier molecular flexibility index (Phi) is 4.49. The summed E-state index contributed by atoms with van der Waals surface area (Å²) in [4.78, 5) is 2.14. The molecule has 1 atom stereocenters. The van der Waals surface area contributed by atoms with Gasteiger partial charge in [-0.3, -0.25) is 0 Å². The van der Waals surface area contributed by atoms with E-state index in [1.165, 1.54) is 0 Å². The molecule has 3 rings (SSSR count). The standard InChI is InChI=1S/C18H21NO3/c1-19(15-5-3-2-4-6-15)10-9-16(20)14-7-8-17-18(13-14)22-12-11-21-17/h2-8,13,16,20H,9-12H2,1H3. The first-order valence-electron chi connectivity index (χ1n) is 7.58. The van der Waals surface area contributed by atoms with Crippen LogP contribution in [0, 0.1) is 0 Å². The number of aliphatic hydroxyl groups is 1. The number of anilines is 1. The van der Waals surface area contributed by atoms with Crippen LogP contribution in [0.2, 0.25) is 0 Å². The lowest BCUT2D eigenvalue weighted by atomic mass is 10.1. The van der Waals surface area contributed by atoms with Crippen molar-refractivity contribution in [2.45, 2.75) is 12.5 Å². The number of hydrogen-bond acceptors (Lipinski definition) is 4. The fourth-order valence-corrected chi connectivity index (χ4v) is 2.56. The minimum Gasteiger partial charge on any atom is -0.486 e. The van der Waals surface area contributed by atoms with Crippen LogP contribution in [0.3, 0.4) is 0 Å². The van der Waals surface area contributed by atoms with Gasteiger partial charge in [-0.15, -0.1) is 0 Å². The van der Waals surface area contributed by atoms with E-state index in [0.717, 1.165) is 29.3 Å². The smallest absolute Gasteiger partial charge is 0.161 e. The molecule has 2 aromatic carbocycles. The monoisotopic (exact) mass is 299 g/mol. The van der Waals surface area contributed by atoms with E-state index in [4.69, 9.17) is 9.47 Å². The summed E-state index contributed by atoms with van der Waals surface area (Å²) in [6.45, 7) is 1.92. The van der Waals surface area contributed by atoms with E-state index in [1.807, 2.05) is 43.4 Å². The normalized spacial score (nSPS) is 14.5. The largest absolute Gasteiger partial charge is 0.486 e. The highest BCUT2D eigenvalue weighted by Gasteiger charge is 2.15. The fourth-order valence-electron chi connectivity index (χ4n) is 2.56. The molecule has 22 heavy (non-hydrogen) atoms. The zero-order chi connectivity index (χ0) is 15.4. The topological polar surface area (TPSA) is 41.9 Å². The van der Waals surface area contributed by atoms with E-state index in [2.05, 4.69) is 17.0 Å². The van der Waals surface area contributed by atoms with Crippen molar-refractivity contribution in [2.24, 2.45) is 0 Å². The first kappa shape index (κ1) is 14.7. The van der Waals surface area contributed by atoms with Crippen molar-refractivity contribution in [3.63, 3.8) is 0 Å². The van der Waals surface area contributed by atoms with E-state index in [0.29, 0.717) is 19.6 Å². The van der Waals surface area contributed by atoms with Gasteiger partial charge in [-0.25, -0.2) is 0 Å². The highest BCUT2D eigenvalue weighted by molar-refractivity contribution is 5.46. The predicted octanol–water partition coefficient (Wildman–Crippen LogP) is 3.02. The molecule has 0 aromatic heterocycles. The number of hydrogen-bond donors (Lipinski definition) is 1.